The van der Waals surface area contributed by atoms with Crippen LogP contribution in [0.1, 0.15) is 22.8 Å². The number of carbonyl (C=O) groups excluding carboxylic acids is 1. The Balaban J connectivity index is 2.93. The van der Waals surface area contributed by atoms with Crippen LogP contribution < -0.4 is 0 Å². The summed E-state index contributed by atoms with van der Waals surface area (Å²) in [5.41, 5.74) is 1.80. The normalized spacial score (nSPS) is 9.38. The molecule has 0 unspecified atom stereocenters. The Morgan fingerprint density at radius 2 is 1.69 bits per heavy atom. The minimum Gasteiger partial charge on any atom is -0.465 e. The molecule has 1 N–H and O–H groups in total. The van der Waals surface area contributed by atoms with Gasteiger partial charge in [-0.25, -0.2) is 4.79 Å². The molecule has 3 nitrogen and oxygen atoms in total. The van der Waals surface area contributed by atoms with Crippen LogP contribution in [0.2, 0.25) is 0 Å². The summed E-state index contributed by atoms with van der Waals surface area (Å²) in [6.45, 7) is 1.70. The highest BCUT2D eigenvalue weighted by atomic mass is 16.5. The van der Waals surface area contributed by atoms with Gasteiger partial charge in [-0.2, -0.15) is 0 Å². The molecule has 0 spiro atoms. The highest BCUT2D eigenvalue weighted by Gasteiger charge is 2.04. The fourth-order valence-electron chi connectivity index (χ4n) is 0.974. The lowest BCUT2D eigenvalue weighted by Gasteiger charge is -2.00. The third kappa shape index (κ3) is 2.15. The zero-order chi connectivity index (χ0) is 9.84. The van der Waals surface area contributed by atoms with E-state index in [2.05, 4.69) is 4.74 Å². The summed E-state index contributed by atoms with van der Waals surface area (Å²) >= 11 is 0. The molecular weight excluding hydrogens is 166 g/mol. The molecule has 0 aliphatic heterocycles. The predicted octanol–water partition coefficient (Wildman–Crippen LogP) is 1.86. The van der Waals surface area contributed by atoms with Crippen molar-refractivity contribution in [2.75, 3.05) is 7.11 Å². The van der Waals surface area contributed by atoms with Crippen LogP contribution in [-0.2, 0) is 4.74 Å². The van der Waals surface area contributed by atoms with E-state index >= 15 is 0 Å². The van der Waals surface area contributed by atoms with E-state index in [1.807, 2.05) is 0 Å². The van der Waals surface area contributed by atoms with Crippen molar-refractivity contribution in [3.63, 3.8) is 0 Å². The van der Waals surface area contributed by atoms with Gasteiger partial charge in [-0.1, -0.05) is 12.1 Å². The molecular formula is C10H11NO2. The molecule has 0 saturated heterocycles. The Morgan fingerprint density at radius 1 is 1.23 bits per heavy atom. The molecule has 0 fully saturated rings. The number of hydrogen-bond acceptors (Lipinski definition) is 3. The second-order valence-electron chi connectivity index (χ2n) is 2.69. The van der Waals surface area contributed by atoms with E-state index in [9.17, 15) is 4.79 Å². The maximum Gasteiger partial charge on any atom is 0.337 e. The molecule has 3 heteroatoms. The molecule has 0 bridgehead atoms. The van der Waals surface area contributed by atoms with Crippen molar-refractivity contribution >= 4 is 11.7 Å². The summed E-state index contributed by atoms with van der Waals surface area (Å²) in [5, 5.41) is 7.34. The lowest BCUT2D eigenvalue weighted by atomic mass is 10.1. The first-order valence-corrected chi connectivity index (χ1v) is 3.89. The number of esters is 1. The molecule has 0 atom stereocenters. The predicted molar refractivity (Wildman–Crippen MR) is 50.3 cm³/mol. The lowest BCUT2D eigenvalue weighted by Crippen LogP contribution is -2.01. The van der Waals surface area contributed by atoms with Gasteiger partial charge < -0.3 is 10.1 Å². The summed E-state index contributed by atoms with van der Waals surface area (Å²) in [6.07, 6.45) is 0. The molecule has 0 radical (unpaired) electrons. The Hall–Kier alpha value is -1.64. The van der Waals surface area contributed by atoms with Gasteiger partial charge >= 0.3 is 5.97 Å². The van der Waals surface area contributed by atoms with Gasteiger partial charge in [0.15, 0.2) is 0 Å². The number of nitrogens with one attached hydrogen (secondary N) is 1. The van der Waals surface area contributed by atoms with E-state index in [-0.39, 0.29) is 5.97 Å². The van der Waals surface area contributed by atoms with Crippen molar-refractivity contribution in [3.05, 3.63) is 35.4 Å². The van der Waals surface area contributed by atoms with Crippen molar-refractivity contribution < 1.29 is 9.53 Å². The summed E-state index contributed by atoms with van der Waals surface area (Å²) in [5.74, 6) is -0.353. The molecule has 1 aromatic carbocycles. The van der Waals surface area contributed by atoms with Gasteiger partial charge in [0.05, 0.1) is 12.7 Å². The lowest BCUT2D eigenvalue weighted by molar-refractivity contribution is 0.0601. The van der Waals surface area contributed by atoms with Crippen molar-refractivity contribution in [1.29, 1.82) is 5.41 Å². The molecule has 0 heterocycles. The first-order valence-electron chi connectivity index (χ1n) is 3.89. The fourth-order valence-corrected chi connectivity index (χ4v) is 0.974. The first-order chi connectivity index (χ1) is 6.15. The fraction of sp³-hybridized carbons (Fsp3) is 0.200. The Kier molecular flexibility index (Phi) is 2.80. The average molecular weight is 177 g/mol. The largest absolute Gasteiger partial charge is 0.465 e. The zero-order valence-corrected chi connectivity index (χ0v) is 7.63. The number of rotatable bonds is 2. The zero-order valence-electron chi connectivity index (χ0n) is 7.63. The quantitative estimate of drug-likeness (QED) is 0.553. The third-order valence-corrected chi connectivity index (χ3v) is 1.74. The highest BCUT2D eigenvalue weighted by Crippen LogP contribution is 2.05. The summed E-state index contributed by atoms with van der Waals surface area (Å²) < 4.78 is 4.54. The Bertz CT molecular complexity index is 327. The minimum atomic E-state index is -0.353. The van der Waals surface area contributed by atoms with E-state index in [0.29, 0.717) is 11.3 Å². The van der Waals surface area contributed by atoms with Crippen molar-refractivity contribution in [1.82, 2.24) is 0 Å². The van der Waals surface area contributed by atoms with Gasteiger partial charge in [0.1, 0.15) is 0 Å². The van der Waals surface area contributed by atoms with Gasteiger partial charge in [-0.05, 0) is 24.6 Å². The number of methoxy groups -OCH3 is 1. The first kappa shape index (κ1) is 9.45. The van der Waals surface area contributed by atoms with Crippen LogP contribution in [0.5, 0.6) is 0 Å². The average Bonchev–Trinajstić information content (AvgIpc) is 2.17. The van der Waals surface area contributed by atoms with Crippen LogP contribution in [0, 0.1) is 5.41 Å². The van der Waals surface area contributed by atoms with Gasteiger partial charge in [0, 0.05) is 5.71 Å². The Labute approximate surface area is 76.9 Å². The molecule has 68 valence electrons. The highest BCUT2D eigenvalue weighted by molar-refractivity contribution is 5.97. The standard InChI is InChI=1S/C10H11NO2/c1-7(11)8-3-5-9(6-4-8)10(12)13-2/h3-6,11H,1-2H3. The van der Waals surface area contributed by atoms with Crippen molar-refractivity contribution in [2.45, 2.75) is 6.92 Å². The van der Waals surface area contributed by atoms with Crippen LogP contribution in [0.4, 0.5) is 0 Å². The summed E-state index contributed by atoms with van der Waals surface area (Å²) in [4.78, 5) is 11.0. The number of ether oxygens (including phenoxy) is 1. The van der Waals surface area contributed by atoms with Crippen LogP contribution in [-0.4, -0.2) is 18.8 Å². The molecule has 1 aromatic rings. The van der Waals surface area contributed by atoms with Crippen molar-refractivity contribution in [3.8, 4) is 0 Å². The maximum absolute atomic E-state index is 11.0. The second-order valence-corrected chi connectivity index (χ2v) is 2.69. The summed E-state index contributed by atoms with van der Waals surface area (Å²) in [6, 6.07) is 6.77. The minimum absolute atomic E-state index is 0.353. The molecule has 0 aliphatic carbocycles. The molecule has 0 aromatic heterocycles. The van der Waals surface area contributed by atoms with Crippen LogP contribution in [0.25, 0.3) is 0 Å². The molecule has 0 amide bonds. The van der Waals surface area contributed by atoms with E-state index < -0.39 is 0 Å². The number of benzene rings is 1. The van der Waals surface area contributed by atoms with Gasteiger partial charge in [0.2, 0.25) is 0 Å². The monoisotopic (exact) mass is 177 g/mol. The smallest absolute Gasteiger partial charge is 0.337 e. The second kappa shape index (κ2) is 3.85. The molecule has 13 heavy (non-hydrogen) atoms. The molecule has 0 saturated carbocycles. The van der Waals surface area contributed by atoms with Crippen LogP contribution in [0.15, 0.2) is 24.3 Å². The number of hydrogen-bond donors (Lipinski definition) is 1. The van der Waals surface area contributed by atoms with E-state index in [1.165, 1.54) is 7.11 Å². The van der Waals surface area contributed by atoms with E-state index in [4.69, 9.17) is 5.41 Å². The van der Waals surface area contributed by atoms with Gasteiger partial charge in [-0.15, -0.1) is 0 Å². The van der Waals surface area contributed by atoms with Crippen LogP contribution in [0.3, 0.4) is 0 Å². The SMILES string of the molecule is COC(=O)c1ccc(C(C)=N)cc1. The van der Waals surface area contributed by atoms with Gasteiger partial charge in [0.25, 0.3) is 0 Å². The number of carbonyl (C=O) groups is 1. The van der Waals surface area contributed by atoms with Crippen LogP contribution >= 0.6 is 0 Å². The van der Waals surface area contributed by atoms with Gasteiger partial charge in [-0.3, -0.25) is 0 Å². The topological polar surface area (TPSA) is 50.2 Å². The Morgan fingerprint density at radius 3 is 2.08 bits per heavy atom. The summed E-state index contributed by atoms with van der Waals surface area (Å²) in [7, 11) is 1.35. The molecule has 0 aliphatic rings. The van der Waals surface area contributed by atoms with E-state index in [0.717, 1.165) is 5.56 Å². The van der Waals surface area contributed by atoms with E-state index in [1.54, 1.807) is 31.2 Å². The van der Waals surface area contributed by atoms with Crippen molar-refractivity contribution in [2.24, 2.45) is 0 Å². The maximum atomic E-state index is 11.0. The molecule has 1 rings (SSSR count). The third-order valence-electron chi connectivity index (χ3n) is 1.74.